The van der Waals surface area contributed by atoms with Gasteiger partial charge < -0.3 is 10.0 Å². The lowest BCUT2D eigenvalue weighted by Gasteiger charge is -2.20. The van der Waals surface area contributed by atoms with Crippen molar-refractivity contribution in [2.45, 2.75) is 6.04 Å². The minimum atomic E-state index is -0.925. The highest BCUT2D eigenvalue weighted by Crippen LogP contribution is 2.39. The number of benzene rings is 2. The van der Waals surface area contributed by atoms with Crippen LogP contribution in [-0.4, -0.2) is 33.7 Å². The number of carbonyl (C=O) groups excluding carboxylic acids is 2. The predicted molar refractivity (Wildman–Crippen MR) is 94.6 cm³/mol. The van der Waals surface area contributed by atoms with Crippen LogP contribution in [0.15, 0.2) is 54.1 Å². The second-order valence-electron chi connectivity index (χ2n) is 5.77. The first-order valence-corrected chi connectivity index (χ1v) is 7.94. The zero-order chi connectivity index (χ0) is 19.0. The Morgan fingerprint density at radius 2 is 1.85 bits per heavy atom. The molecule has 1 aliphatic rings. The largest absolute Gasteiger partial charge is 0.507 e. The molecule has 2 aromatic carbocycles. The van der Waals surface area contributed by atoms with E-state index in [1.54, 1.807) is 18.2 Å². The monoisotopic (exact) mass is 372 g/mol. The first-order valence-electron chi connectivity index (χ1n) is 7.56. The summed E-state index contributed by atoms with van der Waals surface area (Å²) in [6.45, 7) is 0. The van der Waals surface area contributed by atoms with Gasteiger partial charge >= 0.3 is 0 Å². The number of non-ortho nitro benzene ring substituents is 1. The maximum Gasteiger partial charge on any atom is 0.295 e. The molecule has 1 fully saturated rings. The molecule has 0 bridgehead atoms. The van der Waals surface area contributed by atoms with E-state index in [1.165, 1.54) is 37.4 Å². The number of amides is 1. The molecule has 8 heteroatoms. The van der Waals surface area contributed by atoms with E-state index in [9.17, 15) is 24.8 Å². The lowest BCUT2D eigenvalue weighted by molar-refractivity contribution is -0.384. The van der Waals surface area contributed by atoms with Gasteiger partial charge in [-0.2, -0.15) is 0 Å². The third-order valence-corrected chi connectivity index (χ3v) is 4.44. The van der Waals surface area contributed by atoms with E-state index in [-0.39, 0.29) is 17.0 Å². The highest BCUT2D eigenvalue weighted by molar-refractivity contribution is 6.46. The molecule has 1 N–H and O–H groups in total. The molecular formula is C18H13ClN2O5. The van der Waals surface area contributed by atoms with Crippen LogP contribution in [0.5, 0.6) is 0 Å². The highest BCUT2D eigenvalue weighted by atomic mass is 35.5. The summed E-state index contributed by atoms with van der Waals surface area (Å²) < 4.78 is 0. The van der Waals surface area contributed by atoms with Crippen molar-refractivity contribution in [3.63, 3.8) is 0 Å². The number of aliphatic hydroxyl groups is 1. The average Bonchev–Trinajstić information content (AvgIpc) is 2.86. The van der Waals surface area contributed by atoms with Gasteiger partial charge in [0.1, 0.15) is 5.76 Å². The smallest absolute Gasteiger partial charge is 0.295 e. The van der Waals surface area contributed by atoms with Crippen molar-refractivity contribution in [3.05, 3.63) is 80.4 Å². The number of aliphatic hydroxyl groups excluding tert-OH is 1. The quantitative estimate of drug-likeness (QED) is 0.293. The number of hydrogen-bond donors (Lipinski definition) is 1. The molecule has 2 aromatic rings. The van der Waals surface area contributed by atoms with Crippen molar-refractivity contribution in [3.8, 4) is 0 Å². The predicted octanol–water partition coefficient (Wildman–Crippen LogP) is 3.30. The lowest BCUT2D eigenvalue weighted by Crippen LogP contribution is -2.24. The van der Waals surface area contributed by atoms with Gasteiger partial charge in [0, 0.05) is 29.8 Å². The number of nitro benzene ring substituents is 1. The Balaban J connectivity index is 2.18. The maximum absolute atomic E-state index is 12.4. The molecule has 1 heterocycles. The van der Waals surface area contributed by atoms with Crippen LogP contribution in [0.4, 0.5) is 5.69 Å². The number of likely N-dealkylation sites (N-methyl/N-ethyl adjacent to an activating group) is 1. The summed E-state index contributed by atoms with van der Waals surface area (Å²) in [6, 6.07) is 10.8. The molecular weight excluding hydrogens is 360 g/mol. The van der Waals surface area contributed by atoms with Crippen molar-refractivity contribution in [2.24, 2.45) is 0 Å². The van der Waals surface area contributed by atoms with Gasteiger partial charge in [-0.15, -0.1) is 0 Å². The van der Waals surface area contributed by atoms with E-state index in [0.717, 1.165) is 4.90 Å². The number of hydrogen-bond acceptors (Lipinski definition) is 5. The van der Waals surface area contributed by atoms with E-state index < -0.39 is 22.7 Å². The van der Waals surface area contributed by atoms with Crippen LogP contribution in [0.25, 0.3) is 5.76 Å². The molecule has 0 aliphatic carbocycles. The number of halogens is 1. The summed E-state index contributed by atoms with van der Waals surface area (Å²) >= 11 is 5.83. The van der Waals surface area contributed by atoms with Crippen LogP contribution >= 0.6 is 11.6 Å². The van der Waals surface area contributed by atoms with Crippen molar-refractivity contribution in [1.29, 1.82) is 0 Å². The summed E-state index contributed by atoms with van der Waals surface area (Å²) in [7, 11) is 1.41. The number of Topliss-reactive ketones (excluding diaryl/α,β-unsaturated/α-hetero) is 1. The van der Waals surface area contributed by atoms with Crippen LogP contribution in [0, 0.1) is 10.1 Å². The Morgan fingerprint density at radius 1 is 1.19 bits per heavy atom. The second-order valence-corrected chi connectivity index (χ2v) is 6.21. The van der Waals surface area contributed by atoms with E-state index in [4.69, 9.17) is 11.6 Å². The minimum Gasteiger partial charge on any atom is -0.507 e. The Morgan fingerprint density at radius 3 is 2.46 bits per heavy atom. The molecule has 1 unspecified atom stereocenters. The molecule has 132 valence electrons. The second kappa shape index (κ2) is 6.61. The Labute approximate surface area is 153 Å². The third-order valence-electron chi connectivity index (χ3n) is 4.19. The van der Waals surface area contributed by atoms with Crippen LogP contribution in [-0.2, 0) is 9.59 Å². The molecule has 1 amide bonds. The topological polar surface area (TPSA) is 101 Å². The van der Waals surface area contributed by atoms with Crippen LogP contribution < -0.4 is 0 Å². The fourth-order valence-corrected chi connectivity index (χ4v) is 3.04. The number of carbonyl (C=O) groups is 2. The average molecular weight is 373 g/mol. The van der Waals surface area contributed by atoms with Crippen molar-refractivity contribution >= 4 is 34.7 Å². The number of rotatable bonds is 3. The third kappa shape index (κ3) is 2.93. The van der Waals surface area contributed by atoms with Gasteiger partial charge in [-0.3, -0.25) is 19.7 Å². The van der Waals surface area contributed by atoms with Gasteiger partial charge in [-0.1, -0.05) is 23.7 Å². The molecule has 0 aromatic heterocycles. The van der Waals surface area contributed by atoms with Crippen LogP contribution in [0.2, 0.25) is 5.02 Å². The SMILES string of the molecule is CN1C(=O)C(=O)/C(=C(\O)c2ccc(Cl)cc2)C1c1cccc([N+](=O)[O-])c1. The van der Waals surface area contributed by atoms with Gasteiger partial charge in [0.2, 0.25) is 0 Å². The Kier molecular flexibility index (Phi) is 4.48. The molecule has 3 rings (SSSR count). The standard InChI is InChI=1S/C18H13ClN2O5/c1-20-15(11-3-2-4-13(9-11)21(25)26)14(17(23)18(20)24)16(22)10-5-7-12(19)8-6-10/h2-9,15,22H,1H3/b16-14-. The van der Waals surface area contributed by atoms with Gasteiger partial charge in [0.05, 0.1) is 16.5 Å². The Bertz CT molecular complexity index is 952. The number of nitrogens with zero attached hydrogens (tertiary/aromatic N) is 2. The molecule has 0 spiro atoms. The van der Waals surface area contributed by atoms with Crippen molar-refractivity contribution in [2.75, 3.05) is 7.05 Å². The first kappa shape index (κ1) is 17.6. The van der Waals surface area contributed by atoms with Crippen molar-refractivity contribution < 1.29 is 19.6 Å². The van der Waals surface area contributed by atoms with E-state index in [1.807, 2.05) is 0 Å². The van der Waals surface area contributed by atoms with Gasteiger partial charge in [0.25, 0.3) is 17.4 Å². The fourth-order valence-electron chi connectivity index (χ4n) is 2.91. The first-order chi connectivity index (χ1) is 12.3. The molecule has 26 heavy (non-hydrogen) atoms. The zero-order valence-electron chi connectivity index (χ0n) is 13.5. The highest BCUT2D eigenvalue weighted by Gasteiger charge is 2.44. The summed E-state index contributed by atoms with van der Waals surface area (Å²) in [5.74, 6) is -2.01. The van der Waals surface area contributed by atoms with E-state index in [0.29, 0.717) is 16.1 Å². The number of ketones is 1. The zero-order valence-corrected chi connectivity index (χ0v) is 14.3. The summed E-state index contributed by atoms with van der Waals surface area (Å²) in [6.07, 6.45) is 0. The van der Waals surface area contributed by atoms with Gasteiger partial charge in [-0.05, 0) is 29.8 Å². The van der Waals surface area contributed by atoms with E-state index >= 15 is 0 Å². The van der Waals surface area contributed by atoms with Gasteiger partial charge in [-0.25, -0.2) is 0 Å². The molecule has 0 saturated carbocycles. The lowest BCUT2D eigenvalue weighted by atomic mass is 9.95. The summed E-state index contributed by atoms with van der Waals surface area (Å²) in [4.78, 5) is 36.2. The minimum absolute atomic E-state index is 0.125. The number of nitro groups is 1. The fraction of sp³-hybridized carbons (Fsp3) is 0.111. The molecule has 7 nitrogen and oxygen atoms in total. The molecule has 0 radical (unpaired) electrons. The molecule has 1 atom stereocenters. The maximum atomic E-state index is 12.4. The van der Waals surface area contributed by atoms with Crippen LogP contribution in [0.1, 0.15) is 17.2 Å². The Hall–Kier alpha value is -3.19. The van der Waals surface area contributed by atoms with Gasteiger partial charge in [0.15, 0.2) is 0 Å². The molecule has 1 aliphatic heterocycles. The summed E-state index contributed by atoms with van der Waals surface area (Å²) in [5, 5.41) is 22.1. The normalized spacial score (nSPS) is 19.0. The van der Waals surface area contributed by atoms with E-state index in [2.05, 4.69) is 0 Å². The van der Waals surface area contributed by atoms with Crippen LogP contribution in [0.3, 0.4) is 0 Å². The van der Waals surface area contributed by atoms with Crippen molar-refractivity contribution in [1.82, 2.24) is 4.90 Å². The number of likely N-dealkylation sites (tertiary alicyclic amines) is 1. The molecule has 1 saturated heterocycles. The summed E-state index contributed by atoms with van der Waals surface area (Å²) in [5.41, 5.74) is 0.376.